The lowest BCUT2D eigenvalue weighted by atomic mass is 9.95. The molecule has 0 radical (unpaired) electrons. The third-order valence-corrected chi connectivity index (χ3v) is 9.46. The second kappa shape index (κ2) is 10.8. The standard InChI is InChI=1S/C24H22F8N4O4S2/c25-21(26,19(39)35-17-13(15(33)37)9-5-1-3-7-11(9)41-17)23(29,30)24(31,32)22(27,28)20(40)36-18-14(16(34)38)10-6-2-4-8-12(10)42-18/h1-8H2,(H2,33,37)(H2,34,38)(H,35,39)(H,36,40). The topological polar surface area (TPSA) is 144 Å². The monoisotopic (exact) mass is 646 g/mol. The Morgan fingerprint density at radius 2 is 0.881 bits per heavy atom. The van der Waals surface area contributed by atoms with Crippen LogP contribution in [0.3, 0.4) is 0 Å². The fraction of sp³-hybridized carbons (Fsp3) is 0.500. The zero-order chi connectivity index (χ0) is 31.4. The van der Waals surface area contributed by atoms with Crippen LogP contribution in [0.5, 0.6) is 0 Å². The number of hydrogen-bond donors (Lipinski definition) is 4. The lowest BCUT2D eigenvalue weighted by molar-refractivity contribution is -0.345. The van der Waals surface area contributed by atoms with Crippen LogP contribution in [0.4, 0.5) is 45.1 Å². The molecule has 6 N–H and O–H groups in total. The average molecular weight is 647 g/mol. The second-order valence-corrected chi connectivity index (χ2v) is 12.0. The number of hydrogen-bond acceptors (Lipinski definition) is 6. The van der Waals surface area contributed by atoms with Crippen LogP contribution in [0.1, 0.15) is 67.3 Å². The smallest absolute Gasteiger partial charge is 0.365 e. The zero-order valence-electron chi connectivity index (χ0n) is 21.3. The third kappa shape index (κ3) is 4.91. The van der Waals surface area contributed by atoms with Gasteiger partial charge >= 0.3 is 35.5 Å². The molecule has 2 aliphatic carbocycles. The van der Waals surface area contributed by atoms with Crippen molar-refractivity contribution in [3.05, 3.63) is 32.0 Å². The Balaban J connectivity index is 1.62. The largest absolute Gasteiger partial charge is 0.393 e. The minimum Gasteiger partial charge on any atom is -0.365 e. The number of anilines is 2. The maximum Gasteiger partial charge on any atom is 0.393 e. The predicted molar refractivity (Wildman–Crippen MR) is 136 cm³/mol. The lowest BCUT2D eigenvalue weighted by Gasteiger charge is -2.35. The van der Waals surface area contributed by atoms with Crippen molar-refractivity contribution in [1.29, 1.82) is 0 Å². The van der Waals surface area contributed by atoms with E-state index in [9.17, 15) is 54.3 Å². The van der Waals surface area contributed by atoms with E-state index < -0.39 is 68.4 Å². The van der Waals surface area contributed by atoms with E-state index in [1.807, 2.05) is 0 Å². The predicted octanol–water partition coefficient (Wildman–Crippen LogP) is 4.88. The highest BCUT2D eigenvalue weighted by atomic mass is 32.1. The van der Waals surface area contributed by atoms with Crippen LogP contribution in [0.2, 0.25) is 0 Å². The number of nitrogens with two attached hydrogens (primary N) is 2. The van der Waals surface area contributed by atoms with Gasteiger partial charge in [0, 0.05) is 9.75 Å². The number of primary amides is 2. The molecule has 0 bridgehead atoms. The van der Waals surface area contributed by atoms with Gasteiger partial charge in [-0.25, -0.2) is 0 Å². The first-order valence-electron chi connectivity index (χ1n) is 12.4. The Kier molecular flexibility index (Phi) is 8.12. The van der Waals surface area contributed by atoms with Gasteiger partial charge in [0.25, 0.3) is 11.8 Å². The molecule has 0 saturated heterocycles. The van der Waals surface area contributed by atoms with Gasteiger partial charge in [-0.1, -0.05) is 0 Å². The SMILES string of the molecule is NC(=O)c1c(NC(=O)C(F)(F)C(F)(F)C(F)(F)C(F)(F)C(=O)Nc2sc3c(c2C(N)=O)CCCC3)sc2c1CCCC2. The molecule has 0 atom stereocenters. The zero-order valence-corrected chi connectivity index (χ0v) is 22.9. The van der Waals surface area contributed by atoms with Gasteiger partial charge in [0.15, 0.2) is 0 Å². The van der Waals surface area contributed by atoms with Crippen molar-refractivity contribution in [3.8, 4) is 0 Å². The first-order valence-corrected chi connectivity index (χ1v) is 14.0. The summed E-state index contributed by atoms with van der Waals surface area (Å²) < 4.78 is 117. The van der Waals surface area contributed by atoms with Gasteiger partial charge in [-0.3, -0.25) is 19.2 Å². The summed E-state index contributed by atoms with van der Waals surface area (Å²) in [5, 5.41) is 1.05. The number of rotatable bonds is 9. The van der Waals surface area contributed by atoms with Crippen molar-refractivity contribution in [3.63, 3.8) is 0 Å². The van der Waals surface area contributed by atoms with Gasteiger partial charge in [0.05, 0.1) is 11.1 Å². The van der Waals surface area contributed by atoms with Crippen molar-refractivity contribution in [1.82, 2.24) is 0 Å². The Labute approximate surface area is 239 Å². The lowest BCUT2D eigenvalue weighted by Crippen LogP contribution is -2.67. The van der Waals surface area contributed by atoms with E-state index in [0.29, 0.717) is 71.0 Å². The number of thiophene rings is 2. The summed E-state index contributed by atoms with van der Waals surface area (Å²) in [6, 6.07) is 0. The molecule has 0 spiro atoms. The van der Waals surface area contributed by atoms with E-state index in [2.05, 4.69) is 0 Å². The van der Waals surface area contributed by atoms with Crippen molar-refractivity contribution in [2.45, 2.75) is 75.1 Å². The van der Waals surface area contributed by atoms with E-state index in [1.165, 1.54) is 10.6 Å². The molecule has 0 aromatic carbocycles. The number of fused-ring (bicyclic) bond motifs is 2. The summed E-state index contributed by atoms with van der Waals surface area (Å²) in [5.41, 5.74) is 10.0. The van der Waals surface area contributed by atoms with Crippen molar-refractivity contribution < 1.29 is 54.3 Å². The Morgan fingerprint density at radius 1 is 0.571 bits per heavy atom. The number of alkyl halides is 8. The summed E-state index contributed by atoms with van der Waals surface area (Å²) >= 11 is 1.06. The molecular formula is C24H22F8N4O4S2. The number of amides is 4. The van der Waals surface area contributed by atoms with Gasteiger partial charge in [0.2, 0.25) is 0 Å². The summed E-state index contributed by atoms with van der Waals surface area (Å²) in [4.78, 5) is 49.0. The van der Waals surface area contributed by atoms with Crippen molar-refractivity contribution >= 4 is 56.3 Å². The molecular weight excluding hydrogens is 624 g/mol. The average Bonchev–Trinajstić information content (AvgIpc) is 3.45. The quantitative estimate of drug-likeness (QED) is 0.288. The van der Waals surface area contributed by atoms with Crippen LogP contribution in [-0.4, -0.2) is 47.3 Å². The molecule has 4 rings (SSSR count). The second-order valence-electron chi connectivity index (χ2n) is 9.76. The first-order chi connectivity index (χ1) is 19.4. The molecule has 0 unspecified atom stereocenters. The van der Waals surface area contributed by atoms with Crippen LogP contribution in [-0.2, 0) is 35.3 Å². The Morgan fingerprint density at radius 3 is 1.19 bits per heavy atom. The van der Waals surface area contributed by atoms with Gasteiger partial charge in [0.1, 0.15) is 10.0 Å². The van der Waals surface area contributed by atoms with E-state index in [4.69, 9.17) is 11.5 Å². The molecule has 18 heteroatoms. The molecule has 2 aromatic rings. The van der Waals surface area contributed by atoms with Gasteiger partial charge in [-0.15, -0.1) is 22.7 Å². The third-order valence-electron chi connectivity index (χ3n) is 7.04. The molecule has 2 heterocycles. The number of aryl methyl sites for hydroxylation is 2. The van der Waals surface area contributed by atoms with Gasteiger partial charge < -0.3 is 22.1 Å². The molecule has 230 valence electrons. The maximum atomic E-state index is 14.7. The Bertz CT molecular complexity index is 1360. The maximum absolute atomic E-state index is 14.7. The Hall–Kier alpha value is -3.28. The molecule has 2 aromatic heterocycles. The molecule has 42 heavy (non-hydrogen) atoms. The highest BCUT2D eigenvalue weighted by Crippen LogP contribution is 2.54. The molecule has 4 amide bonds. The fourth-order valence-electron chi connectivity index (χ4n) is 4.87. The minimum absolute atomic E-state index is 0.233. The number of halogens is 8. The van der Waals surface area contributed by atoms with Gasteiger partial charge in [-0.05, 0) is 62.5 Å². The first kappa shape index (κ1) is 31.7. The highest BCUT2D eigenvalue weighted by molar-refractivity contribution is 7.17. The fourth-order valence-corrected chi connectivity index (χ4v) is 7.45. The van der Waals surface area contributed by atoms with E-state index >= 15 is 0 Å². The van der Waals surface area contributed by atoms with Crippen LogP contribution in [0.25, 0.3) is 0 Å². The molecule has 8 nitrogen and oxygen atoms in total. The van der Waals surface area contributed by atoms with Crippen LogP contribution < -0.4 is 22.1 Å². The highest BCUT2D eigenvalue weighted by Gasteiger charge is 2.84. The number of carbonyl (C=O) groups is 4. The summed E-state index contributed by atoms with van der Waals surface area (Å²) in [6.07, 6.45) is 3.42. The molecule has 0 aliphatic heterocycles. The number of nitrogens with one attached hydrogen (secondary N) is 2. The molecule has 0 saturated carbocycles. The van der Waals surface area contributed by atoms with Crippen molar-refractivity contribution in [2.75, 3.05) is 10.6 Å². The summed E-state index contributed by atoms with van der Waals surface area (Å²) in [7, 11) is 0. The van der Waals surface area contributed by atoms with Crippen LogP contribution in [0, 0.1) is 0 Å². The van der Waals surface area contributed by atoms with Crippen molar-refractivity contribution in [2.24, 2.45) is 11.5 Å². The van der Waals surface area contributed by atoms with Gasteiger partial charge in [-0.2, -0.15) is 35.1 Å². The minimum atomic E-state index is -7.14. The summed E-state index contributed by atoms with van der Waals surface area (Å²) in [6.45, 7) is 0. The molecule has 2 aliphatic rings. The van der Waals surface area contributed by atoms with Crippen LogP contribution >= 0.6 is 22.7 Å². The molecule has 0 fully saturated rings. The number of carbonyl (C=O) groups excluding carboxylic acids is 4. The van der Waals surface area contributed by atoms with E-state index in [0.717, 1.165) is 0 Å². The normalized spacial score (nSPS) is 15.9. The summed E-state index contributed by atoms with van der Waals surface area (Å²) in [5.74, 6) is -36.1. The van der Waals surface area contributed by atoms with E-state index in [-0.39, 0.29) is 24.0 Å². The van der Waals surface area contributed by atoms with E-state index in [1.54, 1.807) is 0 Å². The van der Waals surface area contributed by atoms with Crippen LogP contribution in [0.15, 0.2) is 0 Å².